The SMILES string of the molecule is Cc1nc(-c2ccc(C(F)(F)F)cc2)sc1C(=O)NCc1ccc([N+](=O)[O-])cc1. The van der Waals surface area contributed by atoms with E-state index < -0.39 is 16.7 Å². The molecular weight excluding hydrogens is 407 g/mol. The number of halogens is 3. The number of thiazole rings is 1. The minimum Gasteiger partial charge on any atom is -0.347 e. The lowest BCUT2D eigenvalue weighted by atomic mass is 10.1. The first kappa shape index (κ1) is 20.5. The Morgan fingerprint density at radius 1 is 1.14 bits per heavy atom. The molecule has 1 heterocycles. The Labute approximate surface area is 167 Å². The summed E-state index contributed by atoms with van der Waals surface area (Å²) in [7, 11) is 0. The van der Waals surface area contributed by atoms with Crippen molar-refractivity contribution in [2.75, 3.05) is 0 Å². The molecule has 0 aliphatic rings. The van der Waals surface area contributed by atoms with Crippen LogP contribution in [0, 0.1) is 17.0 Å². The minimum atomic E-state index is -4.42. The second kappa shape index (κ2) is 8.00. The molecule has 0 unspecified atom stereocenters. The first-order chi connectivity index (χ1) is 13.6. The minimum absolute atomic E-state index is 0.0421. The van der Waals surface area contributed by atoms with Crippen LogP contribution in [0.5, 0.6) is 0 Å². The number of rotatable bonds is 5. The largest absolute Gasteiger partial charge is 0.416 e. The van der Waals surface area contributed by atoms with Crippen molar-refractivity contribution in [3.8, 4) is 10.6 Å². The number of nitrogens with zero attached hydrogens (tertiary/aromatic N) is 2. The van der Waals surface area contributed by atoms with Gasteiger partial charge in [-0.2, -0.15) is 13.2 Å². The van der Waals surface area contributed by atoms with Crippen molar-refractivity contribution in [2.45, 2.75) is 19.6 Å². The van der Waals surface area contributed by atoms with Crippen LogP contribution in [0.3, 0.4) is 0 Å². The first-order valence-corrected chi connectivity index (χ1v) is 9.13. The number of nitro benzene ring substituents is 1. The number of alkyl halides is 3. The van der Waals surface area contributed by atoms with Crippen molar-refractivity contribution >= 4 is 22.9 Å². The number of carbonyl (C=O) groups excluding carboxylic acids is 1. The van der Waals surface area contributed by atoms with Crippen LogP contribution in [0.2, 0.25) is 0 Å². The van der Waals surface area contributed by atoms with Gasteiger partial charge in [-0.15, -0.1) is 11.3 Å². The van der Waals surface area contributed by atoms with Crippen molar-refractivity contribution in [1.29, 1.82) is 0 Å². The molecule has 1 N–H and O–H groups in total. The molecule has 0 bridgehead atoms. The highest BCUT2D eigenvalue weighted by molar-refractivity contribution is 7.17. The average molecular weight is 421 g/mol. The number of aromatic nitrogens is 1. The van der Waals surface area contributed by atoms with Gasteiger partial charge in [-0.3, -0.25) is 14.9 Å². The molecule has 6 nitrogen and oxygen atoms in total. The van der Waals surface area contributed by atoms with E-state index in [0.29, 0.717) is 26.7 Å². The summed E-state index contributed by atoms with van der Waals surface area (Å²) in [6.07, 6.45) is -4.42. The lowest BCUT2D eigenvalue weighted by Gasteiger charge is -2.06. The number of aryl methyl sites for hydroxylation is 1. The maximum Gasteiger partial charge on any atom is 0.416 e. The Morgan fingerprint density at radius 2 is 1.76 bits per heavy atom. The van der Waals surface area contributed by atoms with Gasteiger partial charge in [0.2, 0.25) is 0 Å². The van der Waals surface area contributed by atoms with Crippen molar-refractivity contribution in [3.63, 3.8) is 0 Å². The van der Waals surface area contributed by atoms with Gasteiger partial charge in [0.15, 0.2) is 0 Å². The van der Waals surface area contributed by atoms with Crippen LogP contribution >= 0.6 is 11.3 Å². The number of carbonyl (C=O) groups is 1. The fraction of sp³-hybridized carbons (Fsp3) is 0.158. The summed E-state index contributed by atoms with van der Waals surface area (Å²) in [4.78, 5) is 27.2. The molecule has 3 rings (SSSR count). The van der Waals surface area contributed by atoms with E-state index in [0.717, 1.165) is 23.5 Å². The molecule has 0 saturated heterocycles. The van der Waals surface area contributed by atoms with Crippen molar-refractivity contribution in [2.24, 2.45) is 0 Å². The van der Waals surface area contributed by atoms with Gasteiger partial charge in [0.05, 0.1) is 16.2 Å². The number of amides is 1. The Kier molecular flexibility index (Phi) is 5.64. The highest BCUT2D eigenvalue weighted by Gasteiger charge is 2.30. The summed E-state index contributed by atoms with van der Waals surface area (Å²) in [6, 6.07) is 10.4. The molecule has 0 aliphatic carbocycles. The zero-order valence-corrected chi connectivity index (χ0v) is 15.8. The third-order valence-electron chi connectivity index (χ3n) is 4.06. The van der Waals surface area contributed by atoms with Crippen molar-refractivity contribution in [1.82, 2.24) is 10.3 Å². The van der Waals surface area contributed by atoms with E-state index in [1.165, 1.54) is 24.3 Å². The Hall–Kier alpha value is -3.27. The number of hydrogen-bond acceptors (Lipinski definition) is 5. The summed E-state index contributed by atoms with van der Waals surface area (Å²) >= 11 is 1.08. The molecule has 2 aromatic carbocycles. The number of hydrogen-bond donors (Lipinski definition) is 1. The fourth-order valence-electron chi connectivity index (χ4n) is 2.53. The molecule has 1 aromatic heterocycles. The lowest BCUT2D eigenvalue weighted by Crippen LogP contribution is -2.22. The van der Waals surface area contributed by atoms with Crippen LogP contribution in [-0.4, -0.2) is 15.8 Å². The molecule has 10 heteroatoms. The van der Waals surface area contributed by atoms with Gasteiger partial charge in [0.25, 0.3) is 11.6 Å². The smallest absolute Gasteiger partial charge is 0.347 e. The molecule has 29 heavy (non-hydrogen) atoms. The summed E-state index contributed by atoms with van der Waals surface area (Å²) in [5.41, 5.74) is 0.843. The predicted octanol–water partition coefficient (Wildman–Crippen LogP) is 4.98. The van der Waals surface area contributed by atoms with Gasteiger partial charge in [-0.05, 0) is 24.6 Å². The third-order valence-corrected chi connectivity index (χ3v) is 5.27. The van der Waals surface area contributed by atoms with Gasteiger partial charge in [0.1, 0.15) is 9.88 Å². The van der Waals surface area contributed by atoms with Crippen LogP contribution in [0.15, 0.2) is 48.5 Å². The van der Waals surface area contributed by atoms with Crippen molar-refractivity contribution < 1.29 is 22.9 Å². The van der Waals surface area contributed by atoms with E-state index in [9.17, 15) is 28.1 Å². The third kappa shape index (κ3) is 4.77. The normalized spacial score (nSPS) is 11.3. The van der Waals surface area contributed by atoms with Gasteiger partial charge in [-0.25, -0.2) is 4.98 Å². The quantitative estimate of drug-likeness (QED) is 0.465. The van der Waals surface area contributed by atoms with E-state index in [1.807, 2.05) is 0 Å². The Balaban J connectivity index is 1.70. The highest BCUT2D eigenvalue weighted by atomic mass is 32.1. The second-order valence-electron chi connectivity index (χ2n) is 6.11. The molecule has 0 radical (unpaired) electrons. The maximum absolute atomic E-state index is 12.7. The fourth-order valence-corrected chi connectivity index (χ4v) is 3.52. The summed E-state index contributed by atoms with van der Waals surface area (Å²) in [5.74, 6) is -0.378. The van der Waals surface area contributed by atoms with E-state index in [2.05, 4.69) is 10.3 Å². The number of nitrogens with one attached hydrogen (secondary N) is 1. The highest BCUT2D eigenvalue weighted by Crippen LogP contribution is 2.33. The molecule has 0 fully saturated rings. The molecule has 150 valence electrons. The van der Waals surface area contributed by atoms with Gasteiger partial charge < -0.3 is 5.32 Å². The predicted molar refractivity (Wildman–Crippen MR) is 102 cm³/mol. The van der Waals surface area contributed by atoms with Crippen LogP contribution in [0.1, 0.15) is 26.5 Å². The van der Waals surface area contributed by atoms with Crippen LogP contribution in [0.4, 0.5) is 18.9 Å². The van der Waals surface area contributed by atoms with E-state index in [-0.39, 0.29) is 18.1 Å². The first-order valence-electron chi connectivity index (χ1n) is 8.32. The summed E-state index contributed by atoms with van der Waals surface area (Å²) in [6.45, 7) is 1.81. The lowest BCUT2D eigenvalue weighted by molar-refractivity contribution is -0.384. The molecule has 0 saturated carbocycles. The maximum atomic E-state index is 12.7. The molecule has 3 aromatic rings. The second-order valence-corrected chi connectivity index (χ2v) is 7.11. The molecule has 1 amide bonds. The van der Waals surface area contributed by atoms with Crippen LogP contribution in [0.25, 0.3) is 10.6 Å². The van der Waals surface area contributed by atoms with Crippen molar-refractivity contribution in [3.05, 3.63) is 80.3 Å². The van der Waals surface area contributed by atoms with E-state index in [4.69, 9.17) is 0 Å². The molecule has 0 atom stereocenters. The zero-order chi connectivity index (χ0) is 21.2. The van der Waals surface area contributed by atoms with Crippen LogP contribution < -0.4 is 5.32 Å². The Morgan fingerprint density at radius 3 is 2.31 bits per heavy atom. The van der Waals surface area contributed by atoms with E-state index >= 15 is 0 Å². The van der Waals surface area contributed by atoms with Gasteiger partial charge in [-0.1, -0.05) is 24.3 Å². The number of non-ortho nitro benzene ring substituents is 1. The molecular formula is C19H14F3N3O3S. The van der Waals surface area contributed by atoms with Gasteiger partial charge in [0, 0.05) is 24.2 Å². The summed E-state index contributed by atoms with van der Waals surface area (Å²) in [5, 5.41) is 13.8. The van der Waals surface area contributed by atoms with Crippen LogP contribution in [-0.2, 0) is 12.7 Å². The summed E-state index contributed by atoms with van der Waals surface area (Å²) < 4.78 is 38.0. The monoisotopic (exact) mass is 421 g/mol. The van der Waals surface area contributed by atoms with Gasteiger partial charge >= 0.3 is 6.18 Å². The molecule has 0 spiro atoms. The number of nitro groups is 1. The zero-order valence-electron chi connectivity index (χ0n) is 15.0. The topological polar surface area (TPSA) is 85.1 Å². The standard InChI is InChI=1S/C19H14F3N3O3S/c1-11-16(17(26)23-10-12-2-8-15(9-3-12)25(27)28)29-18(24-11)13-4-6-14(7-5-13)19(20,21)22/h2-9H,10H2,1H3,(H,23,26). The van der Waals surface area contributed by atoms with E-state index in [1.54, 1.807) is 19.1 Å². The number of benzene rings is 2. The Bertz CT molecular complexity index is 1050. The average Bonchev–Trinajstić information content (AvgIpc) is 3.07. The molecule has 0 aliphatic heterocycles.